The molecule has 1 aromatic carbocycles. The predicted molar refractivity (Wildman–Crippen MR) is 143 cm³/mol. The number of nitrogens with one attached hydrogen (secondary N) is 1. The molecular formula is C29H35FN4O5. The second kappa shape index (κ2) is 12.6. The molecule has 0 bridgehead atoms. The number of hydrogen-bond acceptors (Lipinski definition) is 8. The summed E-state index contributed by atoms with van der Waals surface area (Å²) in [5.74, 6) is -0.420. The molecule has 2 aromatic heterocycles. The minimum Gasteiger partial charge on any atom is -0.493 e. The number of nitrogens with zero attached hydrogens (tertiary/aromatic N) is 3. The van der Waals surface area contributed by atoms with Crippen LogP contribution < -0.4 is 10.1 Å². The van der Waals surface area contributed by atoms with Crippen LogP contribution in [0.15, 0.2) is 41.1 Å². The highest BCUT2D eigenvalue weighted by molar-refractivity contribution is 5.78. The maximum Gasteiger partial charge on any atom is 0.325 e. The monoisotopic (exact) mass is 538 g/mol. The quantitative estimate of drug-likeness (QED) is 0.312. The summed E-state index contributed by atoms with van der Waals surface area (Å²) in [5.41, 5.74) is 3.07. The van der Waals surface area contributed by atoms with E-state index in [1.165, 1.54) is 24.9 Å². The lowest BCUT2D eigenvalue weighted by Crippen LogP contribution is -2.34. The highest BCUT2D eigenvalue weighted by Gasteiger charge is 2.37. The van der Waals surface area contributed by atoms with Crippen LogP contribution in [0.5, 0.6) is 5.75 Å². The molecule has 2 aliphatic rings. The molecule has 5 rings (SSSR count). The van der Waals surface area contributed by atoms with Gasteiger partial charge in [0.1, 0.15) is 11.9 Å². The van der Waals surface area contributed by atoms with E-state index in [0.29, 0.717) is 37.4 Å². The van der Waals surface area contributed by atoms with Crippen LogP contribution in [0.25, 0.3) is 11.3 Å². The van der Waals surface area contributed by atoms with Crippen LogP contribution in [-0.4, -0.2) is 65.6 Å². The largest absolute Gasteiger partial charge is 0.493 e. The topological polar surface area (TPSA) is 110 Å². The van der Waals surface area contributed by atoms with E-state index in [1.807, 2.05) is 4.90 Å². The van der Waals surface area contributed by atoms with Crippen molar-refractivity contribution in [2.75, 3.05) is 38.7 Å². The Morgan fingerprint density at radius 2 is 2.18 bits per heavy atom. The normalized spacial score (nSPS) is 17.9. The van der Waals surface area contributed by atoms with Gasteiger partial charge in [0.2, 0.25) is 0 Å². The van der Waals surface area contributed by atoms with Gasteiger partial charge in [-0.2, -0.15) is 0 Å². The lowest BCUT2D eigenvalue weighted by Gasteiger charge is -2.26. The number of likely N-dealkylation sites (tertiary alicyclic amines) is 1. The summed E-state index contributed by atoms with van der Waals surface area (Å²) in [6.45, 7) is 2.58. The average Bonchev–Trinajstić information content (AvgIpc) is 3.63. The van der Waals surface area contributed by atoms with Crippen LogP contribution in [0.3, 0.4) is 0 Å². The van der Waals surface area contributed by atoms with E-state index in [2.05, 4.69) is 22.6 Å². The molecule has 1 saturated heterocycles. The molecule has 0 amide bonds. The number of ether oxygens (including phenoxy) is 2. The van der Waals surface area contributed by atoms with Crippen LogP contribution in [0.4, 0.5) is 10.2 Å². The summed E-state index contributed by atoms with van der Waals surface area (Å²) in [4.78, 5) is 19.0. The molecule has 2 N–H and O–H groups in total. The van der Waals surface area contributed by atoms with Crippen LogP contribution in [0, 0.1) is 5.82 Å². The number of pyridine rings is 1. The second-order valence-corrected chi connectivity index (χ2v) is 10.1. The second-order valence-electron chi connectivity index (χ2n) is 10.1. The minimum absolute atomic E-state index is 0.0754. The molecule has 39 heavy (non-hydrogen) atoms. The van der Waals surface area contributed by atoms with Gasteiger partial charge in [-0.3, -0.25) is 9.69 Å². The van der Waals surface area contributed by atoms with E-state index >= 15 is 0 Å². The molecule has 2 atom stereocenters. The van der Waals surface area contributed by atoms with Gasteiger partial charge in [-0.05, 0) is 62.3 Å². The highest BCUT2D eigenvalue weighted by Crippen LogP contribution is 2.37. The zero-order valence-corrected chi connectivity index (χ0v) is 22.2. The third-order valence-corrected chi connectivity index (χ3v) is 7.45. The molecule has 0 unspecified atom stereocenters. The Morgan fingerprint density at radius 1 is 1.28 bits per heavy atom. The summed E-state index contributed by atoms with van der Waals surface area (Å²) >= 11 is 0. The van der Waals surface area contributed by atoms with Crippen LogP contribution in [0.1, 0.15) is 55.0 Å². The number of halogens is 1. The first-order valence-electron chi connectivity index (χ1n) is 13.6. The maximum atomic E-state index is 14.9. The van der Waals surface area contributed by atoms with Gasteiger partial charge in [-0.1, -0.05) is 17.6 Å². The third kappa shape index (κ3) is 6.39. The van der Waals surface area contributed by atoms with Crippen molar-refractivity contribution in [3.05, 3.63) is 59.2 Å². The molecule has 1 fully saturated rings. The molecule has 208 valence electrons. The first-order valence-corrected chi connectivity index (χ1v) is 13.6. The molecule has 0 aliphatic carbocycles. The first-order chi connectivity index (χ1) is 19.0. The fraction of sp³-hybridized carbons (Fsp3) is 0.483. The lowest BCUT2D eigenvalue weighted by molar-refractivity contribution is -0.143. The number of rotatable bonds is 12. The molecular weight excluding hydrogens is 503 g/mol. The van der Waals surface area contributed by atoms with Gasteiger partial charge in [0.05, 0.1) is 19.4 Å². The van der Waals surface area contributed by atoms with Crippen molar-refractivity contribution in [3.8, 4) is 17.1 Å². The van der Waals surface area contributed by atoms with E-state index < -0.39 is 17.8 Å². The summed E-state index contributed by atoms with van der Waals surface area (Å²) < 4.78 is 31.4. The highest BCUT2D eigenvalue weighted by atomic mass is 19.1. The Bertz CT molecular complexity index is 1270. The SMILES string of the molecule is COc1c(F)cc(-c2ccno2)cc1[C@H](C(=O)O)N1CC[C@@H](OCCCCCc2ccc3c(n2)NCCC3)C1. The first kappa shape index (κ1) is 27.1. The Kier molecular flexibility index (Phi) is 8.73. The molecule has 9 nitrogen and oxygen atoms in total. The number of carbonyl (C=O) groups is 1. The molecule has 4 heterocycles. The smallest absolute Gasteiger partial charge is 0.325 e. The van der Waals surface area contributed by atoms with E-state index in [1.54, 1.807) is 12.1 Å². The number of fused-ring (bicyclic) bond motifs is 1. The molecule has 0 radical (unpaired) electrons. The summed E-state index contributed by atoms with van der Waals surface area (Å²) in [7, 11) is 1.34. The van der Waals surface area contributed by atoms with Crippen molar-refractivity contribution < 1.29 is 28.3 Å². The van der Waals surface area contributed by atoms with Gasteiger partial charge in [-0.25, -0.2) is 9.37 Å². The minimum atomic E-state index is -1.08. The number of hydrogen-bond donors (Lipinski definition) is 2. The van der Waals surface area contributed by atoms with Gasteiger partial charge < -0.3 is 24.4 Å². The molecule has 0 spiro atoms. The van der Waals surface area contributed by atoms with Crippen molar-refractivity contribution >= 4 is 11.8 Å². The number of benzene rings is 1. The summed E-state index contributed by atoms with van der Waals surface area (Å²) in [5, 5.41) is 17.2. The Labute approximate surface area is 227 Å². The maximum absolute atomic E-state index is 14.9. The van der Waals surface area contributed by atoms with E-state index in [4.69, 9.17) is 19.0 Å². The molecule has 10 heteroatoms. The Morgan fingerprint density at radius 3 is 2.97 bits per heavy atom. The molecule has 3 aromatic rings. The van der Waals surface area contributed by atoms with Gasteiger partial charge >= 0.3 is 5.97 Å². The number of aliphatic carboxylic acids is 1. The van der Waals surface area contributed by atoms with Gasteiger partial charge in [0.25, 0.3) is 0 Å². The molecule has 0 saturated carbocycles. The number of carboxylic acid groups (broad SMARTS) is 1. The Hall–Kier alpha value is -3.50. The number of methoxy groups -OCH3 is 1. The fourth-order valence-electron chi connectivity index (χ4n) is 5.49. The predicted octanol–water partition coefficient (Wildman–Crippen LogP) is 4.87. The van der Waals surface area contributed by atoms with Crippen LogP contribution >= 0.6 is 0 Å². The number of unbranched alkanes of at least 4 members (excludes halogenated alkanes) is 2. The zero-order valence-electron chi connectivity index (χ0n) is 22.2. The zero-order chi connectivity index (χ0) is 27.2. The van der Waals surface area contributed by atoms with Crippen molar-refractivity contribution in [2.24, 2.45) is 0 Å². The van der Waals surface area contributed by atoms with E-state index in [9.17, 15) is 14.3 Å². The number of carboxylic acids is 1. The summed E-state index contributed by atoms with van der Waals surface area (Å²) in [6, 6.07) is 7.71. The van der Waals surface area contributed by atoms with Crippen LogP contribution in [-0.2, 0) is 22.4 Å². The van der Waals surface area contributed by atoms with Crippen molar-refractivity contribution in [1.29, 1.82) is 0 Å². The van der Waals surface area contributed by atoms with Crippen molar-refractivity contribution in [2.45, 2.75) is 57.1 Å². The number of anilines is 1. The van der Waals surface area contributed by atoms with Gasteiger partial charge in [-0.15, -0.1) is 0 Å². The van der Waals surface area contributed by atoms with E-state index in [-0.39, 0.29) is 17.4 Å². The fourth-order valence-corrected chi connectivity index (χ4v) is 5.49. The third-order valence-electron chi connectivity index (χ3n) is 7.45. The van der Waals surface area contributed by atoms with Crippen molar-refractivity contribution in [3.63, 3.8) is 0 Å². The number of aryl methyl sites for hydroxylation is 2. The van der Waals surface area contributed by atoms with Crippen LogP contribution in [0.2, 0.25) is 0 Å². The van der Waals surface area contributed by atoms with Gasteiger partial charge in [0, 0.05) is 49.1 Å². The Balaban J connectivity index is 1.13. The average molecular weight is 539 g/mol. The van der Waals surface area contributed by atoms with E-state index in [0.717, 1.165) is 56.6 Å². The summed E-state index contributed by atoms with van der Waals surface area (Å²) in [6.07, 6.45) is 8.29. The standard InChI is InChI=1S/C29H35FN4O5/c1-37-27-23(16-20(17-24(27)30)25-10-13-32-39-25)26(29(35)36)34-14-11-22(18-34)38-15-4-2-3-7-21-9-8-19-6-5-12-31-28(19)33-21/h8-10,13,16-17,22,26H,2-7,11-12,14-15,18H2,1H3,(H,31,33)(H,35,36)/t22-,26-/m1/s1. The van der Waals surface area contributed by atoms with Crippen molar-refractivity contribution in [1.82, 2.24) is 15.0 Å². The number of aromatic nitrogens is 2. The molecule has 2 aliphatic heterocycles. The van der Waals surface area contributed by atoms with Gasteiger partial charge in [0.15, 0.2) is 17.3 Å². The lowest BCUT2D eigenvalue weighted by atomic mass is 9.99.